The lowest BCUT2D eigenvalue weighted by Gasteiger charge is -2.35. The molecule has 1 aliphatic heterocycles. The molecule has 28 heavy (non-hydrogen) atoms. The molecule has 1 aromatic heterocycles. The van der Waals surface area contributed by atoms with Gasteiger partial charge in [0.25, 0.3) is 5.91 Å². The molecule has 8 heteroatoms. The summed E-state index contributed by atoms with van der Waals surface area (Å²) in [6.45, 7) is 3.54. The number of nitrogens with one attached hydrogen (secondary N) is 2. The van der Waals surface area contributed by atoms with E-state index in [1.165, 1.54) is 18.2 Å². The van der Waals surface area contributed by atoms with Gasteiger partial charge in [-0.1, -0.05) is 18.2 Å². The van der Waals surface area contributed by atoms with Crippen molar-refractivity contribution in [3.05, 3.63) is 60.0 Å². The van der Waals surface area contributed by atoms with Crippen LogP contribution in [0.4, 0.5) is 15.0 Å². The Bertz CT molecular complexity index is 794. The van der Waals surface area contributed by atoms with Gasteiger partial charge in [-0.2, -0.15) is 0 Å². The first-order valence-corrected chi connectivity index (χ1v) is 9.36. The van der Waals surface area contributed by atoms with Crippen LogP contribution >= 0.6 is 0 Å². The third-order valence-corrected chi connectivity index (χ3v) is 4.57. The summed E-state index contributed by atoms with van der Waals surface area (Å²) < 4.78 is 13.5. The normalized spacial score (nSPS) is 13.9. The molecule has 0 saturated carbocycles. The summed E-state index contributed by atoms with van der Waals surface area (Å²) >= 11 is 0. The number of hydrogen-bond donors (Lipinski definition) is 2. The largest absolute Gasteiger partial charge is 0.353 e. The van der Waals surface area contributed by atoms with Crippen molar-refractivity contribution in [3.8, 4) is 0 Å². The first-order chi connectivity index (χ1) is 13.6. The Labute approximate surface area is 163 Å². The zero-order valence-electron chi connectivity index (χ0n) is 15.6. The Morgan fingerprint density at radius 2 is 1.68 bits per heavy atom. The van der Waals surface area contributed by atoms with Gasteiger partial charge in [0.1, 0.15) is 11.6 Å². The van der Waals surface area contributed by atoms with E-state index in [9.17, 15) is 14.0 Å². The average molecular weight is 385 g/mol. The lowest BCUT2D eigenvalue weighted by Crippen LogP contribution is -2.52. The highest BCUT2D eigenvalue weighted by Crippen LogP contribution is 2.12. The number of carbonyl (C=O) groups excluding carboxylic acids is 2. The first kappa shape index (κ1) is 19.6. The van der Waals surface area contributed by atoms with Gasteiger partial charge in [0.15, 0.2) is 0 Å². The molecule has 2 N–H and O–H groups in total. The number of urea groups is 1. The van der Waals surface area contributed by atoms with Crippen LogP contribution in [0.25, 0.3) is 0 Å². The molecule has 0 unspecified atom stereocenters. The second kappa shape index (κ2) is 9.68. The van der Waals surface area contributed by atoms with Crippen LogP contribution in [0.5, 0.6) is 0 Å². The summed E-state index contributed by atoms with van der Waals surface area (Å²) in [6, 6.07) is 11.5. The van der Waals surface area contributed by atoms with Gasteiger partial charge in [-0.15, -0.1) is 0 Å². The first-order valence-electron chi connectivity index (χ1n) is 9.36. The Balaban J connectivity index is 1.32. The van der Waals surface area contributed by atoms with Gasteiger partial charge in [-0.3, -0.25) is 4.79 Å². The fourth-order valence-electron chi connectivity index (χ4n) is 3.02. The van der Waals surface area contributed by atoms with E-state index in [1.54, 1.807) is 17.2 Å². The summed E-state index contributed by atoms with van der Waals surface area (Å²) in [4.78, 5) is 32.4. The zero-order chi connectivity index (χ0) is 19.8. The van der Waals surface area contributed by atoms with Crippen molar-refractivity contribution in [3.63, 3.8) is 0 Å². The average Bonchev–Trinajstić information content (AvgIpc) is 2.74. The van der Waals surface area contributed by atoms with E-state index in [1.807, 2.05) is 18.2 Å². The maximum atomic E-state index is 13.5. The molecule has 2 heterocycles. The molecule has 1 aliphatic rings. The van der Waals surface area contributed by atoms with Crippen molar-refractivity contribution < 1.29 is 14.0 Å². The van der Waals surface area contributed by atoms with Gasteiger partial charge in [-0.25, -0.2) is 14.2 Å². The molecule has 0 radical (unpaired) electrons. The monoisotopic (exact) mass is 385 g/mol. The van der Waals surface area contributed by atoms with E-state index in [0.717, 1.165) is 18.9 Å². The van der Waals surface area contributed by atoms with E-state index in [4.69, 9.17) is 0 Å². The third-order valence-electron chi connectivity index (χ3n) is 4.57. The molecule has 1 saturated heterocycles. The Hall–Kier alpha value is -3.16. The minimum atomic E-state index is -0.543. The van der Waals surface area contributed by atoms with Crippen LogP contribution in [0.2, 0.25) is 0 Å². The van der Waals surface area contributed by atoms with E-state index >= 15 is 0 Å². The summed E-state index contributed by atoms with van der Waals surface area (Å²) in [6.07, 6.45) is 2.33. The molecule has 3 rings (SSSR count). The SMILES string of the molecule is O=C(NCCCNC(=O)N1CCN(c2ccccn2)CC1)c1ccccc1F. The Morgan fingerprint density at radius 3 is 2.39 bits per heavy atom. The fraction of sp³-hybridized carbons (Fsp3) is 0.350. The minimum absolute atomic E-state index is 0.0253. The van der Waals surface area contributed by atoms with Gasteiger partial charge >= 0.3 is 6.03 Å². The molecule has 148 valence electrons. The molecule has 0 spiro atoms. The lowest BCUT2D eigenvalue weighted by molar-refractivity contribution is 0.0949. The number of anilines is 1. The van der Waals surface area contributed by atoms with Crippen molar-refractivity contribution in [2.45, 2.75) is 6.42 Å². The molecule has 0 atom stereocenters. The Kier molecular flexibility index (Phi) is 6.78. The second-order valence-corrected chi connectivity index (χ2v) is 6.48. The third kappa shape index (κ3) is 5.18. The van der Waals surface area contributed by atoms with Crippen molar-refractivity contribution >= 4 is 17.8 Å². The number of halogens is 1. The fourth-order valence-corrected chi connectivity index (χ4v) is 3.02. The molecular formula is C20H24FN5O2. The molecule has 2 aromatic rings. The van der Waals surface area contributed by atoms with E-state index < -0.39 is 11.7 Å². The summed E-state index contributed by atoms with van der Waals surface area (Å²) in [5.74, 6) is -0.0682. The van der Waals surface area contributed by atoms with Crippen molar-refractivity contribution in [1.29, 1.82) is 0 Å². The standard InChI is InChI=1S/C20H24FN5O2/c21-17-7-2-1-6-16(17)19(27)23-10-5-11-24-20(28)26-14-12-25(13-15-26)18-8-3-4-9-22-18/h1-4,6-9H,5,10-15H2,(H,23,27)(H,24,28). The number of hydrogen-bond acceptors (Lipinski definition) is 4. The number of benzene rings is 1. The molecule has 0 aliphatic carbocycles. The smallest absolute Gasteiger partial charge is 0.317 e. The quantitative estimate of drug-likeness (QED) is 0.745. The van der Waals surface area contributed by atoms with Crippen LogP contribution in [0.1, 0.15) is 16.8 Å². The topological polar surface area (TPSA) is 77.6 Å². The highest BCUT2D eigenvalue weighted by Gasteiger charge is 2.21. The predicted octanol–water partition coefficient (Wildman–Crippen LogP) is 1.87. The Morgan fingerprint density at radius 1 is 0.964 bits per heavy atom. The van der Waals surface area contributed by atoms with Crippen LogP contribution < -0.4 is 15.5 Å². The highest BCUT2D eigenvalue weighted by atomic mass is 19.1. The van der Waals surface area contributed by atoms with E-state index in [0.29, 0.717) is 32.6 Å². The number of aromatic nitrogens is 1. The predicted molar refractivity (Wildman–Crippen MR) is 105 cm³/mol. The second-order valence-electron chi connectivity index (χ2n) is 6.48. The van der Waals surface area contributed by atoms with Crippen LogP contribution in [0, 0.1) is 5.82 Å². The van der Waals surface area contributed by atoms with Crippen LogP contribution in [0.15, 0.2) is 48.7 Å². The summed E-state index contributed by atoms with van der Waals surface area (Å²) in [5, 5.41) is 5.52. The lowest BCUT2D eigenvalue weighted by atomic mass is 10.2. The van der Waals surface area contributed by atoms with E-state index in [-0.39, 0.29) is 11.6 Å². The van der Waals surface area contributed by atoms with Crippen LogP contribution in [0.3, 0.4) is 0 Å². The van der Waals surface area contributed by atoms with Crippen molar-refractivity contribution in [1.82, 2.24) is 20.5 Å². The maximum Gasteiger partial charge on any atom is 0.317 e. The zero-order valence-corrected chi connectivity index (χ0v) is 15.6. The van der Waals surface area contributed by atoms with Gasteiger partial charge in [-0.05, 0) is 30.7 Å². The van der Waals surface area contributed by atoms with E-state index in [2.05, 4.69) is 20.5 Å². The van der Waals surface area contributed by atoms with Gasteiger partial charge in [0.05, 0.1) is 5.56 Å². The van der Waals surface area contributed by atoms with Crippen LogP contribution in [-0.4, -0.2) is 61.1 Å². The molecular weight excluding hydrogens is 361 g/mol. The summed E-state index contributed by atoms with van der Waals surface area (Å²) in [7, 11) is 0. The minimum Gasteiger partial charge on any atom is -0.353 e. The highest BCUT2D eigenvalue weighted by molar-refractivity contribution is 5.94. The molecule has 1 fully saturated rings. The van der Waals surface area contributed by atoms with Gasteiger partial charge in [0.2, 0.25) is 0 Å². The number of piperazine rings is 1. The molecule has 7 nitrogen and oxygen atoms in total. The number of amides is 3. The molecule has 3 amide bonds. The van der Waals surface area contributed by atoms with Crippen LogP contribution in [-0.2, 0) is 0 Å². The number of pyridine rings is 1. The number of nitrogens with zero attached hydrogens (tertiary/aromatic N) is 3. The number of carbonyl (C=O) groups is 2. The maximum absolute atomic E-state index is 13.5. The van der Waals surface area contributed by atoms with Crippen molar-refractivity contribution in [2.24, 2.45) is 0 Å². The number of rotatable bonds is 6. The van der Waals surface area contributed by atoms with Crippen molar-refractivity contribution in [2.75, 3.05) is 44.2 Å². The molecule has 0 bridgehead atoms. The van der Waals surface area contributed by atoms with Gasteiger partial charge < -0.3 is 20.4 Å². The summed E-state index contributed by atoms with van der Waals surface area (Å²) in [5.41, 5.74) is 0.0253. The van der Waals surface area contributed by atoms with Gasteiger partial charge in [0, 0.05) is 45.5 Å². The molecule has 1 aromatic carbocycles.